The summed E-state index contributed by atoms with van der Waals surface area (Å²) >= 11 is 0. The number of benzene rings is 1. The number of anilines is 1. The second-order valence-electron chi connectivity index (χ2n) is 8.92. The summed E-state index contributed by atoms with van der Waals surface area (Å²) in [6, 6.07) is 8.14. The highest BCUT2D eigenvalue weighted by atomic mass is 14.5. The van der Waals surface area contributed by atoms with Crippen molar-refractivity contribution < 1.29 is 0 Å². The molecule has 0 saturated carbocycles. The number of hydrogen-bond acceptors (Lipinski definition) is 1. The molecule has 0 aromatic heterocycles. The molecule has 1 aromatic carbocycles. The van der Waals surface area contributed by atoms with E-state index in [9.17, 15) is 0 Å². The molecule has 0 bridgehead atoms. The normalized spacial score (nSPS) is 20.2. The van der Waals surface area contributed by atoms with Crippen molar-refractivity contribution in [3.8, 4) is 0 Å². The van der Waals surface area contributed by atoms with E-state index < -0.39 is 0 Å². The van der Waals surface area contributed by atoms with Gasteiger partial charge in [0.05, 0.1) is 0 Å². The van der Waals surface area contributed by atoms with Crippen LogP contribution in [0.1, 0.15) is 64.9 Å². The summed E-state index contributed by atoms with van der Waals surface area (Å²) in [6.07, 6.45) is 14.8. The molecule has 146 valence electrons. The fourth-order valence-corrected chi connectivity index (χ4v) is 3.71. The van der Waals surface area contributed by atoms with Crippen molar-refractivity contribution in [1.82, 2.24) is 0 Å². The van der Waals surface area contributed by atoms with Crippen LogP contribution in [-0.2, 0) is 6.42 Å². The van der Waals surface area contributed by atoms with Gasteiger partial charge in [0.1, 0.15) is 0 Å². The first-order valence-corrected chi connectivity index (χ1v) is 10.3. The van der Waals surface area contributed by atoms with Crippen molar-refractivity contribution >= 4 is 5.69 Å². The van der Waals surface area contributed by atoms with E-state index in [1.807, 2.05) is 12.1 Å². The number of hydrogen-bond donors (Lipinski definition) is 1. The fraction of sp³-hybridized carbons (Fsp3) is 0.462. The lowest BCUT2D eigenvalue weighted by atomic mass is 9.76. The Bertz CT molecular complexity index is 704. The molecule has 1 aliphatic rings. The zero-order valence-electron chi connectivity index (χ0n) is 17.6. The zero-order valence-corrected chi connectivity index (χ0v) is 17.6. The van der Waals surface area contributed by atoms with Gasteiger partial charge in [-0.1, -0.05) is 74.1 Å². The van der Waals surface area contributed by atoms with E-state index in [-0.39, 0.29) is 5.41 Å². The van der Waals surface area contributed by atoms with Gasteiger partial charge in [-0.2, -0.15) is 0 Å². The molecule has 0 radical (unpaired) electrons. The minimum Gasteiger partial charge on any atom is -0.399 e. The van der Waals surface area contributed by atoms with Crippen LogP contribution in [-0.4, -0.2) is 0 Å². The van der Waals surface area contributed by atoms with Gasteiger partial charge >= 0.3 is 0 Å². The maximum atomic E-state index is 5.75. The molecule has 2 rings (SSSR count). The zero-order chi connectivity index (χ0) is 19.9. The predicted molar refractivity (Wildman–Crippen MR) is 121 cm³/mol. The van der Waals surface area contributed by atoms with Gasteiger partial charge in [0.15, 0.2) is 0 Å². The highest BCUT2D eigenvalue weighted by Crippen LogP contribution is 2.36. The summed E-state index contributed by atoms with van der Waals surface area (Å²) in [4.78, 5) is 0. The van der Waals surface area contributed by atoms with Crippen LogP contribution in [0.5, 0.6) is 0 Å². The Balaban J connectivity index is 1.66. The van der Waals surface area contributed by atoms with Crippen molar-refractivity contribution in [2.45, 2.75) is 65.7 Å². The van der Waals surface area contributed by atoms with Crippen molar-refractivity contribution in [2.24, 2.45) is 11.3 Å². The Labute approximate surface area is 166 Å². The molecule has 1 aromatic rings. The van der Waals surface area contributed by atoms with E-state index in [0.29, 0.717) is 5.92 Å². The third-order valence-electron chi connectivity index (χ3n) is 5.71. The smallest absolute Gasteiger partial charge is 0.0314 e. The molecular formula is C26H37N. The maximum Gasteiger partial charge on any atom is 0.0314 e. The largest absolute Gasteiger partial charge is 0.399 e. The van der Waals surface area contributed by atoms with Gasteiger partial charge in [-0.15, -0.1) is 0 Å². The van der Waals surface area contributed by atoms with Crippen LogP contribution in [0.2, 0.25) is 0 Å². The van der Waals surface area contributed by atoms with Crippen molar-refractivity contribution in [1.29, 1.82) is 0 Å². The first kappa shape index (κ1) is 21.3. The first-order chi connectivity index (χ1) is 12.8. The van der Waals surface area contributed by atoms with Gasteiger partial charge in [0, 0.05) is 5.69 Å². The quantitative estimate of drug-likeness (QED) is 0.339. The molecule has 0 fully saturated rings. The van der Waals surface area contributed by atoms with Crippen LogP contribution in [0.4, 0.5) is 5.69 Å². The molecule has 0 spiro atoms. The van der Waals surface area contributed by atoms with Gasteiger partial charge in [0.2, 0.25) is 0 Å². The van der Waals surface area contributed by atoms with E-state index in [0.717, 1.165) is 37.8 Å². The number of nitrogens with two attached hydrogens (primary N) is 1. The Hall–Kier alpha value is -2.02. The molecule has 2 unspecified atom stereocenters. The lowest BCUT2D eigenvalue weighted by Crippen LogP contribution is -2.15. The fourth-order valence-electron chi connectivity index (χ4n) is 3.71. The summed E-state index contributed by atoms with van der Waals surface area (Å²) in [6.45, 7) is 15.5. The van der Waals surface area contributed by atoms with Crippen molar-refractivity contribution in [3.63, 3.8) is 0 Å². The Kier molecular flexibility index (Phi) is 7.71. The lowest BCUT2D eigenvalue weighted by molar-refractivity contribution is 0.408. The second-order valence-corrected chi connectivity index (χ2v) is 8.92. The molecule has 0 heterocycles. The Morgan fingerprint density at radius 1 is 1.11 bits per heavy atom. The van der Waals surface area contributed by atoms with Crippen LogP contribution in [0, 0.1) is 11.3 Å². The van der Waals surface area contributed by atoms with Crippen LogP contribution in [0.15, 0.2) is 72.4 Å². The summed E-state index contributed by atoms with van der Waals surface area (Å²) in [5.41, 5.74) is 12.2. The number of allylic oxidation sites excluding steroid dienone is 6. The average molecular weight is 364 g/mol. The molecule has 27 heavy (non-hydrogen) atoms. The highest BCUT2D eigenvalue weighted by Gasteiger charge is 2.22. The van der Waals surface area contributed by atoms with Crippen LogP contribution in [0.25, 0.3) is 0 Å². The lowest BCUT2D eigenvalue weighted by Gasteiger charge is -2.29. The van der Waals surface area contributed by atoms with E-state index in [2.05, 4.69) is 64.3 Å². The molecule has 0 amide bonds. The molecular weight excluding hydrogens is 326 g/mol. The first-order valence-electron chi connectivity index (χ1n) is 10.3. The average Bonchev–Trinajstić information content (AvgIpc) is 2.63. The molecule has 0 saturated heterocycles. The monoisotopic (exact) mass is 363 g/mol. The van der Waals surface area contributed by atoms with Gasteiger partial charge < -0.3 is 5.73 Å². The topological polar surface area (TPSA) is 26.0 Å². The Morgan fingerprint density at radius 2 is 1.74 bits per heavy atom. The third kappa shape index (κ3) is 7.62. The van der Waals surface area contributed by atoms with Crippen LogP contribution >= 0.6 is 0 Å². The summed E-state index contributed by atoms with van der Waals surface area (Å²) in [7, 11) is 0. The predicted octanol–water partition coefficient (Wildman–Crippen LogP) is 7.42. The summed E-state index contributed by atoms with van der Waals surface area (Å²) in [5.74, 6) is 0.710. The van der Waals surface area contributed by atoms with Gasteiger partial charge in [-0.3, -0.25) is 0 Å². The van der Waals surface area contributed by atoms with E-state index >= 15 is 0 Å². The molecule has 2 atom stereocenters. The van der Waals surface area contributed by atoms with E-state index in [4.69, 9.17) is 5.73 Å². The van der Waals surface area contributed by atoms with Crippen molar-refractivity contribution in [2.75, 3.05) is 5.73 Å². The van der Waals surface area contributed by atoms with Gasteiger partial charge in [-0.05, 0) is 80.9 Å². The summed E-state index contributed by atoms with van der Waals surface area (Å²) in [5, 5.41) is 0. The molecule has 1 nitrogen and oxygen atoms in total. The maximum absolute atomic E-state index is 5.75. The van der Waals surface area contributed by atoms with Gasteiger partial charge in [0.25, 0.3) is 0 Å². The molecule has 1 heteroatoms. The van der Waals surface area contributed by atoms with Gasteiger partial charge in [-0.25, -0.2) is 0 Å². The van der Waals surface area contributed by atoms with Crippen LogP contribution in [0.3, 0.4) is 0 Å². The van der Waals surface area contributed by atoms with Crippen molar-refractivity contribution in [3.05, 3.63) is 77.9 Å². The molecule has 2 N–H and O–H groups in total. The van der Waals surface area contributed by atoms with Crippen LogP contribution < -0.4 is 5.73 Å². The minimum atomic E-state index is 0.257. The molecule has 1 aliphatic carbocycles. The third-order valence-corrected chi connectivity index (χ3v) is 5.71. The molecule has 0 aliphatic heterocycles. The second kappa shape index (κ2) is 9.78. The summed E-state index contributed by atoms with van der Waals surface area (Å²) < 4.78 is 0. The SMILES string of the molecule is C=C(CCC(C)CCC(=C)CC1(C)C=CC(C)=CC1)Cc1ccc(N)cc1. The number of rotatable bonds is 10. The minimum absolute atomic E-state index is 0.257. The van der Waals surface area contributed by atoms with E-state index in [1.54, 1.807) is 0 Å². The Morgan fingerprint density at radius 3 is 2.33 bits per heavy atom. The number of nitrogen functional groups attached to an aromatic ring is 1. The highest BCUT2D eigenvalue weighted by molar-refractivity contribution is 5.40. The van der Waals surface area contributed by atoms with E-state index in [1.165, 1.54) is 35.1 Å². The standard InChI is InChI=1S/C26H37N/c1-20(6-8-22(3)18-24-10-12-25(27)13-11-24)7-9-23(4)19-26(5)16-14-21(2)15-17-26/h10-16,20H,3-4,6-9,17-19,27H2,1-2,5H3.